The lowest BCUT2D eigenvalue weighted by Crippen LogP contribution is -2.27. The molecule has 0 saturated heterocycles. The summed E-state index contributed by atoms with van der Waals surface area (Å²) < 4.78 is 11.9. The van der Waals surface area contributed by atoms with Crippen molar-refractivity contribution in [1.29, 1.82) is 0 Å². The van der Waals surface area contributed by atoms with Gasteiger partial charge in [-0.05, 0) is 61.0 Å². The molecule has 30 heavy (non-hydrogen) atoms. The highest BCUT2D eigenvalue weighted by Gasteiger charge is 2.22. The molecule has 0 aliphatic rings. The van der Waals surface area contributed by atoms with Gasteiger partial charge in [-0.15, -0.1) is 0 Å². The van der Waals surface area contributed by atoms with E-state index >= 15 is 0 Å². The maximum Gasteiger partial charge on any atom is 0.237 e. The van der Waals surface area contributed by atoms with Crippen LogP contribution in [0.4, 0.5) is 10.8 Å². The molecule has 5 nitrogen and oxygen atoms in total. The highest BCUT2D eigenvalue weighted by Crippen LogP contribution is 2.34. The van der Waals surface area contributed by atoms with Crippen molar-refractivity contribution in [3.63, 3.8) is 0 Å². The van der Waals surface area contributed by atoms with Gasteiger partial charge in [-0.2, -0.15) is 0 Å². The lowest BCUT2D eigenvalue weighted by molar-refractivity contribution is -0.117. The Morgan fingerprint density at radius 2 is 1.80 bits per heavy atom. The molecule has 0 saturated carbocycles. The first kappa shape index (κ1) is 19.9. The topological polar surface area (TPSA) is 51.7 Å². The predicted octanol–water partition coefficient (Wildman–Crippen LogP) is 5.61. The third-order valence-corrected chi connectivity index (χ3v) is 5.64. The fourth-order valence-electron chi connectivity index (χ4n) is 3.21. The number of aromatic nitrogens is 1. The normalized spacial score (nSPS) is 10.7. The number of hydrogen-bond donors (Lipinski definition) is 0. The third-order valence-electron chi connectivity index (χ3n) is 4.62. The van der Waals surface area contributed by atoms with Crippen LogP contribution < -0.4 is 14.4 Å². The Hall–Kier alpha value is -3.38. The van der Waals surface area contributed by atoms with Crippen LogP contribution in [-0.4, -0.2) is 24.6 Å². The van der Waals surface area contributed by atoms with Gasteiger partial charge in [-0.1, -0.05) is 35.6 Å². The van der Waals surface area contributed by atoms with Gasteiger partial charge in [0.15, 0.2) is 5.13 Å². The summed E-state index contributed by atoms with van der Waals surface area (Å²) in [5.41, 5.74) is 2.52. The van der Waals surface area contributed by atoms with Crippen LogP contribution in [0.15, 0.2) is 72.8 Å². The van der Waals surface area contributed by atoms with E-state index in [0.717, 1.165) is 33.0 Å². The number of nitrogens with zero attached hydrogens (tertiary/aromatic N) is 2. The first-order valence-electron chi connectivity index (χ1n) is 9.72. The predicted molar refractivity (Wildman–Crippen MR) is 121 cm³/mol. The van der Waals surface area contributed by atoms with Crippen LogP contribution in [0.3, 0.4) is 0 Å². The van der Waals surface area contributed by atoms with Crippen molar-refractivity contribution >= 4 is 38.3 Å². The number of benzene rings is 3. The first-order chi connectivity index (χ1) is 14.7. The van der Waals surface area contributed by atoms with E-state index in [2.05, 4.69) is 0 Å². The van der Waals surface area contributed by atoms with Crippen molar-refractivity contribution in [3.05, 3.63) is 78.4 Å². The third kappa shape index (κ3) is 4.28. The van der Waals surface area contributed by atoms with Gasteiger partial charge in [-0.25, -0.2) is 4.98 Å². The first-order valence-corrected chi connectivity index (χ1v) is 10.5. The molecule has 1 amide bonds. The number of carbonyl (C=O) groups excluding carboxylic acids is 1. The van der Waals surface area contributed by atoms with E-state index in [1.54, 1.807) is 12.0 Å². The second-order valence-corrected chi connectivity index (χ2v) is 7.66. The number of ether oxygens (including phenoxy) is 2. The van der Waals surface area contributed by atoms with E-state index < -0.39 is 0 Å². The van der Waals surface area contributed by atoms with Crippen molar-refractivity contribution in [2.45, 2.75) is 13.3 Å². The van der Waals surface area contributed by atoms with Crippen LogP contribution >= 0.6 is 11.3 Å². The number of amides is 1. The van der Waals surface area contributed by atoms with Gasteiger partial charge in [0.1, 0.15) is 11.5 Å². The van der Waals surface area contributed by atoms with Crippen LogP contribution in [0, 0.1) is 0 Å². The Morgan fingerprint density at radius 1 is 1.00 bits per heavy atom. The van der Waals surface area contributed by atoms with Crippen molar-refractivity contribution in [3.8, 4) is 11.5 Å². The van der Waals surface area contributed by atoms with Gasteiger partial charge in [0.2, 0.25) is 5.91 Å². The van der Waals surface area contributed by atoms with E-state index in [0.29, 0.717) is 11.7 Å². The lowest BCUT2D eigenvalue weighted by atomic mass is 10.1. The zero-order valence-corrected chi connectivity index (χ0v) is 17.7. The lowest BCUT2D eigenvalue weighted by Gasteiger charge is -2.20. The molecule has 4 rings (SSSR count). The monoisotopic (exact) mass is 418 g/mol. The molecule has 0 aliphatic carbocycles. The number of carbonyl (C=O) groups is 1. The Balaban J connectivity index is 1.71. The maximum atomic E-state index is 13.4. The van der Waals surface area contributed by atoms with Crippen molar-refractivity contribution < 1.29 is 14.3 Å². The summed E-state index contributed by atoms with van der Waals surface area (Å²) >= 11 is 1.50. The van der Waals surface area contributed by atoms with Crippen molar-refractivity contribution in [2.24, 2.45) is 0 Å². The smallest absolute Gasteiger partial charge is 0.237 e. The number of thiazole rings is 1. The molecule has 152 valence electrons. The zero-order chi connectivity index (χ0) is 20.9. The standard InChI is InChI=1S/C24H22N2O3S/c1-3-29-19-13-11-18(12-14-19)26(24-25-21-9-4-5-10-22(21)30-24)23(27)16-17-7-6-8-20(15-17)28-2/h4-15H,3,16H2,1-2H3. The number of anilines is 2. The van der Waals surface area contributed by atoms with Gasteiger partial charge in [0.05, 0.1) is 36.0 Å². The van der Waals surface area contributed by atoms with Crippen LogP contribution in [-0.2, 0) is 11.2 Å². The molecule has 4 aromatic rings. The second-order valence-electron chi connectivity index (χ2n) is 6.65. The summed E-state index contributed by atoms with van der Waals surface area (Å²) in [4.78, 5) is 19.8. The van der Waals surface area contributed by atoms with Crippen molar-refractivity contribution in [2.75, 3.05) is 18.6 Å². The second kappa shape index (κ2) is 8.97. The Bertz CT molecular complexity index is 1120. The molecule has 1 aromatic heterocycles. The Morgan fingerprint density at radius 3 is 2.53 bits per heavy atom. The minimum atomic E-state index is -0.0635. The number of rotatable bonds is 7. The highest BCUT2D eigenvalue weighted by molar-refractivity contribution is 7.22. The molecule has 0 spiro atoms. The fraction of sp³-hybridized carbons (Fsp3) is 0.167. The van der Waals surface area contributed by atoms with Gasteiger partial charge in [0.25, 0.3) is 0 Å². The summed E-state index contributed by atoms with van der Waals surface area (Å²) in [5.74, 6) is 1.44. The van der Waals surface area contributed by atoms with Crippen LogP contribution in [0.1, 0.15) is 12.5 Å². The molecule has 0 radical (unpaired) electrons. The van der Waals surface area contributed by atoms with E-state index in [4.69, 9.17) is 14.5 Å². The molecule has 0 bridgehead atoms. The summed E-state index contributed by atoms with van der Waals surface area (Å²) in [5, 5.41) is 0.647. The highest BCUT2D eigenvalue weighted by atomic mass is 32.1. The quantitative estimate of drug-likeness (QED) is 0.391. The number of hydrogen-bond acceptors (Lipinski definition) is 5. The average Bonchev–Trinajstić information content (AvgIpc) is 3.19. The average molecular weight is 419 g/mol. The van der Waals surface area contributed by atoms with E-state index in [1.165, 1.54) is 11.3 Å². The summed E-state index contributed by atoms with van der Waals surface area (Å²) in [6.45, 7) is 2.54. The number of para-hydroxylation sites is 1. The van der Waals surface area contributed by atoms with Crippen LogP contribution in [0.5, 0.6) is 11.5 Å². The summed E-state index contributed by atoms with van der Waals surface area (Å²) in [6.07, 6.45) is 0.236. The summed E-state index contributed by atoms with van der Waals surface area (Å²) in [7, 11) is 1.62. The van der Waals surface area contributed by atoms with Gasteiger partial charge in [-0.3, -0.25) is 9.69 Å². The molecule has 6 heteroatoms. The molecule has 0 aliphatic heterocycles. The van der Waals surface area contributed by atoms with E-state index in [-0.39, 0.29) is 12.3 Å². The van der Waals surface area contributed by atoms with Crippen LogP contribution in [0.2, 0.25) is 0 Å². The molecule has 0 N–H and O–H groups in total. The maximum absolute atomic E-state index is 13.4. The molecule has 0 unspecified atom stereocenters. The van der Waals surface area contributed by atoms with Gasteiger partial charge in [0, 0.05) is 0 Å². The number of fused-ring (bicyclic) bond motifs is 1. The molecular formula is C24H22N2O3S. The SMILES string of the molecule is CCOc1ccc(N(C(=O)Cc2cccc(OC)c2)c2nc3ccccc3s2)cc1. The van der Waals surface area contributed by atoms with E-state index in [1.807, 2.05) is 79.7 Å². The molecule has 3 aromatic carbocycles. The fourth-order valence-corrected chi connectivity index (χ4v) is 4.22. The van der Waals surface area contributed by atoms with E-state index in [9.17, 15) is 4.79 Å². The molecule has 1 heterocycles. The van der Waals surface area contributed by atoms with Gasteiger partial charge >= 0.3 is 0 Å². The Labute approximate surface area is 179 Å². The Kier molecular flexibility index (Phi) is 5.95. The summed E-state index contributed by atoms with van der Waals surface area (Å²) in [6, 6.07) is 23.0. The molecule has 0 fully saturated rings. The largest absolute Gasteiger partial charge is 0.497 e. The van der Waals surface area contributed by atoms with Gasteiger partial charge < -0.3 is 9.47 Å². The minimum Gasteiger partial charge on any atom is -0.497 e. The number of methoxy groups -OCH3 is 1. The minimum absolute atomic E-state index is 0.0635. The molecular weight excluding hydrogens is 396 g/mol. The van der Waals surface area contributed by atoms with Crippen LogP contribution in [0.25, 0.3) is 10.2 Å². The molecule has 0 atom stereocenters. The van der Waals surface area contributed by atoms with Crippen molar-refractivity contribution in [1.82, 2.24) is 4.98 Å². The zero-order valence-electron chi connectivity index (χ0n) is 16.9.